The third-order valence-corrected chi connectivity index (χ3v) is 4.48. The van der Waals surface area contributed by atoms with Crippen LogP contribution in [0.3, 0.4) is 0 Å². The van der Waals surface area contributed by atoms with E-state index in [0.717, 1.165) is 4.90 Å². The SMILES string of the molecule is O=C(NNC(=O)C1CCC2CN1C(=O)N2OS(=O)(=O)O)Nc1ccccc1.[Na]. The molecule has 1 radical (unpaired) electrons. The third kappa shape index (κ3) is 5.33. The molecule has 2 aliphatic heterocycles. The van der Waals surface area contributed by atoms with Crippen LogP contribution in [0.4, 0.5) is 15.3 Å². The summed E-state index contributed by atoms with van der Waals surface area (Å²) in [5.74, 6) is -0.640. The fourth-order valence-corrected chi connectivity index (χ4v) is 3.38. The summed E-state index contributed by atoms with van der Waals surface area (Å²) in [4.78, 5) is 37.4. The Morgan fingerprint density at radius 2 is 1.82 bits per heavy atom. The first-order chi connectivity index (χ1) is 12.7. The van der Waals surface area contributed by atoms with Crippen molar-refractivity contribution in [1.82, 2.24) is 20.8 Å². The molecule has 0 saturated carbocycles. The Bertz CT molecular complexity index is 853. The van der Waals surface area contributed by atoms with Gasteiger partial charge in [0.2, 0.25) is 0 Å². The zero-order valence-electron chi connectivity index (χ0n) is 14.9. The van der Waals surface area contributed by atoms with Crippen LogP contribution in [0.5, 0.6) is 0 Å². The summed E-state index contributed by atoms with van der Waals surface area (Å²) >= 11 is 0. The Labute approximate surface area is 182 Å². The zero-order chi connectivity index (χ0) is 19.6. The molecule has 2 unspecified atom stereocenters. The van der Waals surface area contributed by atoms with Crippen molar-refractivity contribution in [2.45, 2.75) is 24.9 Å². The Hall–Kier alpha value is -1.90. The topological polar surface area (TPSA) is 157 Å². The molecule has 3 rings (SSSR count). The number of benzene rings is 1. The molecule has 28 heavy (non-hydrogen) atoms. The molecule has 14 heteroatoms. The van der Waals surface area contributed by atoms with Gasteiger partial charge >= 0.3 is 22.5 Å². The first kappa shape index (κ1) is 22.4. The van der Waals surface area contributed by atoms with Crippen LogP contribution in [0.2, 0.25) is 0 Å². The van der Waals surface area contributed by atoms with E-state index in [9.17, 15) is 22.8 Å². The van der Waals surface area contributed by atoms with Crippen LogP contribution in [0.1, 0.15) is 12.8 Å². The number of carbonyl (C=O) groups excluding carboxylic acids is 3. The third-order valence-electron chi connectivity index (χ3n) is 4.13. The van der Waals surface area contributed by atoms with Gasteiger partial charge in [-0.25, -0.2) is 15.0 Å². The number of para-hydroxylation sites is 1. The van der Waals surface area contributed by atoms with Crippen molar-refractivity contribution in [2.24, 2.45) is 0 Å². The van der Waals surface area contributed by atoms with Crippen LogP contribution in [0.15, 0.2) is 30.3 Å². The number of fused-ring (bicyclic) bond motifs is 2. The predicted molar refractivity (Wildman–Crippen MR) is 95.9 cm³/mol. The molecule has 2 fully saturated rings. The van der Waals surface area contributed by atoms with E-state index in [1.807, 2.05) is 0 Å². The van der Waals surface area contributed by atoms with Crippen molar-refractivity contribution in [3.63, 3.8) is 0 Å². The van der Waals surface area contributed by atoms with Gasteiger partial charge in [-0.05, 0) is 25.0 Å². The number of nitrogens with zero attached hydrogens (tertiary/aromatic N) is 2. The largest absolute Gasteiger partial charge is 0.418 e. The minimum absolute atomic E-state index is 0. The van der Waals surface area contributed by atoms with E-state index in [-0.39, 0.29) is 48.9 Å². The normalized spacial score (nSPS) is 21.0. The molecule has 1 aromatic carbocycles. The molecule has 2 atom stereocenters. The molecule has 4 N–H and O–H groups in total. The van der Waals surface area contributed by atoms with Gasteiger partial charge in [-0.15, -0.1) is 4.28 Å². The van der Waals surface area contributed by atoms with Crippen LogP contribution in [-0.4, -0.2) is 89.1 Å². The number of hydrazine groups is 1. The number of piperidine rings is 1. The average molecular weight is 422 g/mol. The number of rotatable bonds is 4. The van der Waals surface area contributed by atoms with Gasteiger partial charge in [-0.3, -0.25) is 14.8 Å². The van der Waals surface area contributed by atoms with Crippen molar-refractivity contribution < 1.29 is 31.6 Å². The van der Waals surface area contributed by atoms with Gasteiger partial charge in [0.05, 0.1) is 6.04 Å². The van der Waals surface area contributed by atoms with E-state index >= 15 is 0 Å². The summed E-state index contributed by atoms with van der Waals surface area (Å²) in [5, 5.41) is 3.05. The van der Waals surface area contributed by atoms with Crippen LogP contribution >= 0.6 is 0 Å². The number of hydrogen-bond donors (Lipinski definition) is 4. The molecular weight excluding hydrogens is 405 g/mol. The van der Waals surface area contributed by atoms with E-state index in [1.54, 1.807) is 30.3 Å². The first-order valence-corrected chi connectivity index (χ1v) is 9.30. The fourth-order valence-electron chi connectivity index (χ4n) is 2.99. The van der Waals surface area contributed by atoms with E-state index < -0.39 is 40.5 Å². The second-order valence-corrected chi connectivity index (χ2v) is 6.95. The predicted octanol–water partition coefficient (Wildman–Crippen LogP) is -0.538. The Kier molecular flexibility index (Phi) is 7.25. The second kappa shape index (κ2) is 9.07. The first-order valence-electron chi connectivity index (χ1n) is 7.93. The standard InChI is InChI=1S/C14H17N5O7S.Na/c20-12(16-17-13(21)15-9-4-2-1-3-5-9)11-7-6-10-8-18(11)14(22)19(10)26-27(23,24)25;/h1-5,10-11H,6-8H2,(H,16,20)(H2,15,17,21)(H,23,24,25);. The number of amides is 5. The van der Waals surface area contributed by atoms with E-state index in [0.29, 0.717) is 10.8 Å². The van der Waals surface area contributed by atoms with E-state index in [4.69, 9.17) is 4.55 Å². The Morgan fingerprint density at radius 1 is 1.14 bits per heavy atom. The van der Waals surface area contributed by atoms with Gasteiger partial charge in [-0.2, -0.15) is 13.5 Å². The summed E-state index contributed by atoms with van der Waals surface area (Å²) in [6.07, 6.45) is 0.515. The smallest absolute Gasteiger partial charge is 0.309 e. The molecule has 0 aromatic heterocycles. The molecule has 12 nitrogen and oxygen atoms in total. The number of urea groups is 2. The zero-order valence-corrected chi connectivity index (χ0v) is 17.7. The summed E-state index contributed by atoms with van der Waals surface area (Å²) in [6, 6.07) is 5.52. The van der Waals surface area contributed by atoms with Crippen molar-refractivity contribution in [1.29, 1.82) is 0 Å². The minimum atomic E-state index is -4.86. The summed E-state index contributed by atoms with van der Waals surface area (Å²) in [6.45, 7) is 0.0582. The van der Waals surface area contributed by atoms with Gasteiger partial charge in [0.1, 0.15) is 6.04 Å². The number of nitrogens with one attached hydrogen (secondary N) is 3. The summed E-state index contributed by atoms with van der Waals surface area (Å²) < 4.78 is 34.7. The van der Waals surface area contributed by atoms with Gasteiger partial charge in [0, 0.05) is 41.8 Å². The van der Waals surface area contributed by atoms with Gasteiger partial charge < -0.3 is 10.2 Å². The molecule has 2 aliphatic rings. The van der Waals surface area contributed by atoms with Crippen LogP contribution < -0.4 is 16.2 Å². The molecule has 1 aromatic rings. The fraction of sp³-hybridized carbons (Fsp3) is 0.357. The maximum absolute atomic E-state index is 12.3. The number of hydrogen-bond acceptors (Lipinski definition) is 6. The maximum Gasteiger partial charge on any atom is 0.418 e. The monoisotopic (exact) mass is 422 g/mol. The molecule has 5 amide bonds. The number of carbonyl (C=O) groups is 3. The van der Waals surface area contributed by atoms with Crippen molar-refractivity contribution in [2.75, 3.05) is 11.9 Å². The molecule has 147 valence electrons. The van der Waals surface area contributed by atoms with Gasteiger partial charge in [0.15, 0.2) is 0 Å². The van der Waals surface area contributed by atoms with E-state index in [2.05, 4.69) is 20.5 Å². The van der Waals surface area contributed by atoms with Crippen molar-refractivity contribution in [3.05, 3.63) is 30.3 Å². The minimum Gasteiger partial charge on any atom is -0.309 e. The summed E-state index contributed by atoms with van der Waals surface area (Å²) in [5.41, 5.74) is 4.92. The molecule has 0 spiro atoms. The van der Waals surface area contributed by atoms with Crippen LogP contribution in [0.25, 0.3) is 0 Å². The Morgan fingerprint density at radius 3 is 2.46 bits per heavy atom. The quantitative estimate of drug-likeness (QED) is 0.288. The number of anilines is 1. The summed E-state index contributed by atoms with van der Waals surface area (Å²) in [7, 11) is -4.86. The van der Waals surface area contributed by atoms with Crippen molar-refractivity contribution >= 4 is 63.6 Å². The van der Waals surface area contributed by atoms with Crippen LogP contribution in [0, 0.1) is 0 Å². The molecule has 2 saturated heterocycles. The van der Waals surface area contributed by atoms with Crippen LogP contribution in [-0.2, 0) is 19.5 Å². The Balaban J connectivity index is 0.00000280. The van der Waals surface area contributed by atoms with Crippen molar-refractivity contribution in [3.8, 4) is 0 Å². The molecule has 2 bridgehead atoms. The molecule has 0 aliphatic carbocycles. The average Bonchev–Trinajstić information content (AvgIpc) is 2.84. The van der Waals surface area contributed by atoms with E-state index in [1.165, 1.54) is 0 Å². The molecule has 2 heterocycles. The second-order valence-electron chi connectivity index (χ2n) is 5.94. The van der Waals surface area contributed by atoms with Gasteiger partial charge in [-0.1, -0.05) is 18.2 Å². The van der Waals surface area contributed by atoms with Gasteiger partial charge in [0.25, 0.3) is 5.91 Å². The molecular formula is C14H17N5NaO7S. The maximum atomic E-state index is 12.3. The number of hydroxylamine groups is 2.